The van der Waals surface area contributed by atoms with Gasteiger partial charge in [-0.25, -0.2) is 4.98 Å². The summed E-state index contributed by atoms with van der Waals surface area (Å²) in [4.78, 5) is 18.7. The third-order valence-corrected chi connectivity index (χ3v) is 6.13. The summed E-state index contributed by atoms with van der Waals surface area (Å²) in [6.45, 7) is 1.45. The van der Waals surface area contributed by atoms with E-state index >= 15 is 0 Å². The summed E-state index contributed by atoms with van der Waals surface area (Å²) < 4.78 is 11.5. The van der Waals surface area contributed by atoms with Gasteiger partial charge in [-0.15, -0.1) is 0 Å². The van der Waals surface area contributed by atoms with Crippen LogP contribution < -0.4 is 0 Å². The van der Waals surface area contributed by atoms with Crippen LogP contribution in [0.2, 0.25) is 0 Å². The molecule has 1 amide bonds. The van der Waals surface area contributed by atoms with Gasteiger partial charge in [-0.05, 0) is 25.0 Å². The van der Waals surface area contributed by atoms with Gasteiger partial charge in [0.05, 0.1) is 24.4 Å². The van der Waals surface area contributed by atoms with Gasteiger partial charge in [0.1, 0.15) is 0 Å². The van der Waals surface area contributed by atoms with E-state index < -0.39 is 0 Å². The van der Waals surface area contributed by atoms with Crippen molar-refractivity contribution in [3.05, 3.63) is 42.4 Å². The van der Waals surface area contributed by atoms with Crippen LogP contribution in [-0.4, -0.2) is 52.3 Å². The Morgan fingerprint density at radius 2 is 2.20 bits per heavy atom. The largest absolute Gasteiger partial charge is 0.444 e. The van der Waals surface area contributed by atoms with E-state index in [2.05, 4.69) is 4.98 Å². The van der Waals surface area contributed by atoms with Crippen molar-refractivity contribution >= 4 is 5.91 Å². The fourth-order valence-corrected chi connectivity index (χ4v) is 4.91. The lowest BCUT2D eigenvalue weighted by atomic mass is 9.74. The molecule has 3 aliphatic rings. The SMILES string of the molecule is O=C(c1ccc(-c2cnco2)cc1)N1C[C@H]2[C@@H](CO)[C@@H]3CC[C@@]2(C1)O3. The minimum atomic E-state index is -0.229. The highest BCUT2D eigenvalue weighted by Gasteiger charge is 2.63. The Hall–Kier alpha value is -2.18. The molecule has 1 spiro atoms. The third-order valence-electron chi connectivity index (χ3n) is 6.13. The van der Waals surface area contributed by atoms with Crippen LogP contribution in [0.5, 0.6) is 0 Å². The maximum Gasteiger partial charge on any atom is 0.253 e. The van der Waals surface area contributed by atoms with Gasteiger partial charge in [-0.2, -0.15) is 0 Å². The normalized spacial score (nSPS) is 33.0. The molecule has 25 heavy (non-hydrogen) atoms. The minimum absolute atomic E-state index is 0.0247. The molecule has 3 saturated heterocycles. The molecule has 5 rings (SSSR count). The van der Waals surface area contributed by atoms with Crippen LogP contribution in [0.3, 0.4) is 0 Å². The van der Waals surface area contributed by atoms with E-state index in [1.807, 2.05) is 29.2 Å². The summed E-state index contributed by atoms with van der Waals surface area (Å²) in [5, 5.41) is 9.70. The predicted octanol–water partition coefficient (Wildman–Crippen LogP) is 1.95. The fraction of sp³-hybridized carbons (Fsp3) is 0.474. The molecule has 3 aliphatic heterocycles. The van der Waals surface area contributed by atoms with Gasteiger partial charge in [-0.1, -0.05) is 12.1 Å². The molecule has 0 unspecified atom stereocenters. The number of aromatic nitrogens is 1. The number of oxazole rings is 1. The van der Waals surface area contributed by atoms with E-state index in [1.54, 1.807) is 6.20 Å². The summed E-state index contributed by atoms with van der Waals surface area (Å²) in [6, 6.07) is 7.41. The maximum atomic E-state index is 12.9. The van der Waals surface area contributed by atoms with Gasteiger partial charge >= 0.3 is 0 Å². The summed E-state index contributed by atoms with van der Waals surface area (Å²) in [6.07, 6.45) is 5.21. The monoisotopic (exact) mass is 340 g/mol. The number of aliphatic hydroxyl groups is 1. The molecular weight excluding hydrogens is 320 g/mol. The molecular formula is C19H20N2O4. The summed E-state index contributed by atoms with van der Waals surface area (Å²) in [5.74, 6) is 1.13. The standard InChI is InChI=1S/C19H20N2O4/c22-9-14-15-8-21(10-19(15)6-5-16(14)25-19)18(23)13-3-1-12(2-4-13)17-7-20-11-24-17/h1-4,7,11,14-16,22H,5-6,8-10H2/t14-,15+,16+,19+/m1/s1. The summed E-state index contributed by atoms with van der Waals surface area (Å²) >= 11 is 0. The highest BCUT2D eigenvalue weighted by atomic mass is 16.5. The highest BCUT2D eigenvalue weighted by Crippen LogP contribution is 2.54. The Labute approximate surface area is 145 Å². The van der Waals surface area contributed by atoms with Crippen molar-refractivity contribution in [2.45, 2.75) is 24.5 Å². The first kappa shape index (κ1) is 15.1. The predicted molar refractivity (Wildman–Crippen MR) is 88.7 cm³/mol. The Morgan fingerprint density at radius 1 is 1.36 bits per heavy atom. The van der Waals surface area contributed by atoms with Crippen LogP contribution in [0.25, 0.3) is 11.3 Å². The van der Waals surface area contributed by atoms with Crippen LogP contribution in [0, 0.1) is 11.8 Å². The first-order chi connectivity index (χ1) is 12.2. The molecule has 2 bridgehead atoms. The van der Waals surface area contributed by atoms with E-state index in [1.165, 1.54) is 6.39 Å². The maximum absolute atomic E-state index is 12.9. The number of ether oxygens (including phenoxy) is 1. The van der Waals surface area contributed by atoms with E-state index in [0.717, 1.165) is 18.4 Å². The number of carbonyl (C=O) groups is 1. The zero-order valence-corrected chi connectivity index (χ0v) is 13.8. The lowest BCUT2D eigenvalue weighted by Crippen LogP contribution is -2.38. The van der Waals surface area contributed by atoms with Crippen LogP contribution in [-0.2, 0) is 4.74 Å². The van der Waals surface area contributed by atoms with E-state index in [9.17, 15) is 9.90 Å². The van der Waals surface area contributed by atoms with Crippen molar-refractivity contribution in [1.29, 1.82) is 0 Å². The average molecular weight is 340 g/mol. The number of hydrogen-bond acceptors (Lipinski definition) is 5. The van der Waals surface area contributed by atoms with Crippen molar-refractivity contribution < 1.29 is 19.1 Å². The molecule has 6 heteroatoms. The number of rotatable bonds is 3. The van der Waals surface area contributed by atoms with Crippen LogP contribution in [0.15, 0.2) is 41.3 Å². The van der Waals surface area contributed by atoms with Crippen molar-refractivity contribution in [3.8, 4) is 11.3 Å². The molecule has 1 aromatic carbocycles. The number of aliphatic hydroxyl groups excluding tert-OH is 1. The van der Waals surface area contributed by atoms with Gasteiger partial charge < -0.3 is 19.2 Å². The molecule has 0 radical (unpaired) electrons. The molecule has 6 nitrogen and oxygen atoms in total. The highest BCUT2D eigenvalue weighted by molar-refractivity contribution is 5.95. The molecule has 1 N–H and O–H groups in total. The van der Waals surface area contributed by atoms with Crippen LogP contribution in [0.1, 0.15) is 23.2 Å². The number of amides is 1. The summed E-state index contributed by atoms with van der Waals surface area (Å²) in [5.41, 5.74) is 1.33. The van der Waals surface area contributed by atoms with Crippen molar-refractivity contribution in [1.82, 2.24) is 9.88 Å². The number of hydrogen-bond donors (Lipinski definition) is 1. The van der Waals surface area contributed by atoms with Gasteiger partial charge in [0, 0.05) is 36.1 Å². The molecule has 1 aromatic heterocycles. The van der Waals surface area contributed by atoms with Crippen molar-refractivity contribution in [2.24, 2.45) is 11.8 Å². The smallest absolute Gasteiger partial charge is 0.253 e. The second-order valence-electron chi connectivity index (χ2n) is 7.34. The number of benzene rings is 1. The van der Waals surface area contributed by atoms with Crippen molar-refractivity contribution in [2.75, 3.05) is 19.7 Å². The zero-order valence-electron chi connectivity index (χ0n) is 13.8. The van der Waals surface area contributed by atoms with Crippen molar-refractivity contribution in [3.63, 3.8) is 0 Å². The van der Waals surface area contributed by atoms with E-state index in [0.29, 0.717) is 24.4 Å². The lowest BCUT2D eigenvalue weighted by Gasteiger charge is -2.27. The molecule has 3 fully saturated rings. The molecule has 4 heterocycles. The Kier molecular flexibility index (Phi) is 3.27. The molecule has 130 valence electrons. The van der Waals surface area contributed by atoms with Crippen LogP contribution >= 0.6 is 0 Å². The average Bonchev–Trinajstić information content (AvgIpc) is 3.40. The third kappa shape index (κ3) is 2.17. The summed E-state index contributed by atoms with van der Waals surface area (Å²) in [7, 11) is 0. The second-order valence-corrected chi connectivity index (χ2v) is 7.34. The lowest BCUT2D eigenvalue weighted by molar-refractivity contribution is 0.00154. The Bertz CT molecular complexity index is 788. The van der Waals surface area contributed by atoms with Gasteiger partial charge in [-0.3, -0.25) is 4.79 Å². The first-order valence-corrected chi connectivity index (χ1v) is 8.77. The number of nitrogens with zero attached hydrogens (tertiary/aromatic N) is 2. The van der Waals surface area contributed by atoms with Crippen LogP contribution in [0.4, 0.5) is 0 Å². The Morgan fingerprint density at radius 3 is 2.92 bits per heavy atom. The number of fused-ring (bicyclic) bond motifs is 1. The quantitative estimate of drug-likeness (QED) is 0.924. The van der Waals surface area contributed by atoms with Gasteiger partial charge in [0.15, 0.2) is 12.2 Å². The first-order valence-electron chi connectivity index (χ1n) is 8.77. The minimum Gasteiger partial charge on any atom is -0.444 e. The van der Waals surface area contributed by atoms with E-state index in [-0.39, 0.29) is 36.1 Å². The van der Waals surface area contributed by atoms with Gasteiger partial charge in [0.25, 0.3) is 5.91 Å². The topological polar surface area (TPSA) is 75.8 Å². The van der Waals surface area contributed by atoms with Gasteiger partial charge in [0.2, 0.25) is 0 Å². The molecule has 2 aromatic rings. The Balaban J connectivity index is 1.35. The number of carbonyl (C=O) groups excluding carboxylic acids is 1. The van der Waals surface area contributed by atoms with E-state index in [4.69, 9.17) is 9.15 Å². The second kappa shape index (κ2) is 5.41. The molecule has 0 aliphatic carbocycles. The molecule has 4 atom stereocenters. The number of likely N-dealkylation sites (tertiary alicyclic amines) is 1. The zero-order chi connectivity index (χ0) is 17.0. The fourth-order valence-electron chi connectivity index (χ4n) is 4.91. The molecule has 0 saturated carbocycles.